The Morgan fingerprint density at radius 1 is 1.38 bits per heavy atom. The van der Waals surface area contributed by atoms with Gasteiger partial charge in [0.05, 0.1) is 15.7 Å². The zero-order valence-corrected chi connectivity index (χ0v) is 12.1. The van der Waals surface area contributed by atoms with Crippen molar-refractivity contribution in [3.63, 3.8) is 0 Å². The molecule has 2 nitrogen and oxygen atoms in total. The van der Waals surface area contributed by atoms with E-state index in [0.717, 1.165) is 28.0 Å². The lowest BCUT2D eigenvalue weighted by Crippen LogP contribution is -2.10. The molecular weight excluding hydrogens is 286 g/mol. The Balaban J connectivity index is 2.80. The lowest BCUT2D eigenvalue weighted by Gasteiger charge is -2.12. The quantitative estimate of drug-likeness (QED) is 0.845. The summed E-state index contributed by atoms with van der Waals surface area (Å²) in [5.41, 5.74) is 6.34. The Kier molecular flexibility index (Phi) is 5.49. The van der Waals surface area contributed by atoms with Crippen molar-refractivity contribution in [1.29, 1.82) is 0 Å². The van der Waals surface area contributed by atoms with Crippen LogP contribution in [0, 0.1) is 5.92 Å². The molecule has 0 heterocycles. The minimum Gasteiger partial charge on any atom is -0.399 e. The first kappa shape index (κ1) is 13.7. The van der Waals surface area contributed by atoms with Crippen LogP contribution in [0.1, 0.15) is 26.7 Å². The minimum atomic E-state index is -0.936. The molecule has 16 heavy (non-hydrogen) atoms. The third-order valence-corrected chi connectivity index (χ3v) is 5.28. The number of hydrogen-bond acceptors (Lipinski definition) is 2. The summed E-state index contributed by atoms with van der Waals surface area (Å²) in [6.45, 7) is 4.28. The predicted octanol–water partition coefficient (Wildman–Crippen LogP) is 3.58. The fourth-order valence-electron chi connectivity index (χ4n) is 1.53. The van der Waals surface area contributed by atoms with Crippen LogP contribution in [0.15, 0.2) is 27.6 Å². The number of nitrogens with two attached hydrogens (primary N) is 1. The van der Waals surface area contributed by atoms with Crippen LogP contribution in [0.5, 0.6) is 0 Å². The molecule has 1 aromatic rings. The second-order valence-electron chi connectivity index (χ2n) is 3.88. The molecule has 1 atom stereocenters. The predicted molar refractivity (Wildman–Crippen MR) is 73.9 cm³/mol. The normalized spacial score (nSPS) is 13.0. The summed E-state index contributed by atoms with van der Waals surface area (Å²) < 4.78 is 13.0. The zero-order chi connectivity index (χ0) is 12.1. The smallest absolute Gasteiger partial charge is 0.0543 e. The molecule has 0 fully saturated rings. The Hall–Kier alpha value is -0.350. The second kappa shape index (κ2) is 6.40. The lowest BCUT2D eigenvalue weighted by molar-refractivity contribution is 0.544. The van der Waals surface area contributed by atoms with Crippen LogP contribution in [-0.4, -0.2) is 9.96 Å². The molecule has 1 unspecified atom stereocenters. The van der Waals surface area contributed by atoms with E-state index >= 15 is 0 Å². The standard InChI is InChI=1S/C12H18BrNOS/c1-3-9(4-2)8-16(15)12-6-5-10(14)7-11(12)13/h5-7,9H,3-4,8,14H2,1-2H3. The molecule has 0 aliphatic rings. The summed E-state index contributed by atoms with van der Waals surface area (Å²) in [4.78, 5) is 0.848. The van der Waals surface area contributed by atoms with E-state index in [1.807, 2.05) is 6.07 Å². The fourth-order valence-corrected chi connectivity index (χ4v) is 4.04. The van der Waals surface area contributed by atoms with Gasteiger partial charge in [0, 0.05) is 15.9 Å². The van der Waals surface area contributed by atoms with Gasteiger partial charge in [-0.25, -0.2) is 0 Å². The van der Waals surface area contributed by atoms with Gasteiger partial charge in [0.2, 0.25) is 0 Å². The number of hydrogen-bond donors (Lipinski definition) is 1. The Labute approximate surface area is 108 Å². The first-order valence-corrected chi connectivity index (χ1v) is 7.63. The fraction of sp³-hybridized carbons (Fsp3) is 0.500. The summed E-state index contributed by atoms with van der Waals surface area (Å²) in [6.07, 6.45) is 2.16. The van der Waals surface area contributed by atoms with Crippen LogP contribution in [0.25, 0.3) is 0 Å². The molecule has 0 aliphatic carbocycles. The molecule has 1 aromatic carbocycles. The van der Waals surface area contributed by atoms with Crippen LogP contribution in [0.4, 0.5) is 5.69 Å². The largest absolute Gasteiger partial charge is 0.399 e. The van der Waals surface area contributed by atoms with Crippen LogP contribution in [-0.2, 0) is 10.8 Å². The number of anilines is 1. The van der Waals surface area contributed by atoms with Crippen molar-refractivity contribution in [3.05, 3.63) is 22.7 Å². The van der Waals surface area contributed by atoms with E-state index in [0.29, 0.717) is 11.6 Å². The van der Waals surface area contributed by atoms with Crippen molar-refractivity contribution in [1.82, 2.24) is 0 Å². The van der Waals surface area contributed by atoms with Gasteiger partial charge in [0.25, 0.3) is 0 Å². The molecule has 0 aromatic heterocycles. The zero-order valence-electron chi connectivity index (χ0n) is 9.70. The van der Waals surface area contributed by atoms with Crippen molar-refractivity contribution in [3.8, 4) is 0 Å². The first-order chi connectivity index (χ1) is 7.58. The van der Waals surface area contributed by atoms with Crippen LogP contribution >= 0.6 is 15.9 Å². The summed E-state index contributed by atoms with van der Waals surface area (Å²) in [7, 11) is -0.936. The van der Waals surface area contributed by atoms with Crippen LogP contribution in [0.3, 0.4) is 0 Å². The molecule has 0 spiro atoms. The van der Waals surface area contributed by atoms with Crippen LogP contribution in [0.2, 0.25) is 0 Å². The van der Waals surface area contributed by atoms with Gasteiger partial charge in [-0.3, -0.25) is 4.21 Å². The molecule has 0 radical (unpaired) electrons. The summed E-state index contributed by atoms with van der Waals surface area (Å²) in [6, 6.07) is 5.45. The van der Waals surface area contributed by atoms with Crippen molar-refractivity contribution < 1.29 is 4.21 Å². The van der Waals surface area contributed by atoms with Gasteiger partial charge in [-0.1, -0.05) is 26.7 Å². The number of halogens is 1. The maximum Gasteiger partial charge on any atom is 0.0543 e. The SMILES string of the molecule is CCC(CC)CS(=O)c1ccc(N)cc1Br. The van der Waals surface area contributed by atoms with Gasteiger partial charge in [-0.05, 0) is 40.0 Å². The third kappa shape index (κ3) is 3.59. The van der Waals surface area contributed by atoms with Gasteiger partial charge in [0.1, 0.15) is 0 Å². The molecule has 0 bridgehead atoms. The van der Waals surface area contributed by atoms with E-state index in [1.54, 1.807) is 12.1 Å². The molecule has 2 N–H and O–H groups in total. The molecule has 1 rings (SSSR count). The highest BCUT2D eigenvalue weighted by atomic mass is 79.9. The molecular formula is C12H18BrNOS. The van der Waals surface area contributed by atoms with Crippen molar-refractivity contribution in [2.24, 2.45) is 5.92 Å². The van der Waals surface area contributed by atoms with E-state index in [2.05, 4.69) is 29.8 Å². The van der Waals surface area contributed by atoms with Crippen molar-refractivity contribution >= 4 is 32.4 Å². The number of benzene rings is 1. The monoisotopic (exact) mass is 303 g/mol. The highest BCUT2D eigenvalue weighted by molar-refractivity contribution is 9.10. The summed E-state index contributed by atoms with van der Waals surface area (Å²) >= 11 is 3.41. The molecule has 0 saturated carbocycles. The Morgan fingerprint density at radius 3 is 2.50 bits per heavy atom. The van der Waals surface area contributed by atoms with E-state index < -0.39 is 10.8 Å². The Bertz CT molecular complexity index is 377. The van der Waals surface area contributed by atoms with E-state index in [1.165, 1.54) is 0 Å². The van der Waals surface area contributed by atoms with Gasteiger partial charge >= 0.3 is 0 Å². The molecule has 0 aliphatic heterocycles. The highest BCUT2D eigenvalue weighted by Gasteiger charge is 2.13. The van der Waals surface area contributed by atoms with E-state index in [-0.39, 0.29) is 0 Å². The Morgan fingerprint density at radius 2 is 2.00 bits per heavy atom. The maximum atomic E-state index is 12.1. The minimum absolute atomic E-state index is 0.533. The third-order valence-electron chi connectivity index (χ3n) is 2.74. The molecule has 0 saturated heterocycles. The number of rotatable bonds is 5. The van der Waals surface area contributed by atoms with Crippen LogP contribution < -0.4 is 5.73 Å². The average molecular weight is 304 g/mol. The lowest BCUT2D eigenvalue weighted by atomic mass is 10.1. The second-order valence-corrected chi connectivity index (χ2v) is 6.20. The first-order valence-electron chi connectivity index (χ1n) is 5.51. The van der Waals surface area contributed by atoms with E-state index in [9.17, 15) is 4.21 Å². The van der Waals surface area contributed by atoms with Gasteiger partial charge in [0.15, 0.2) is 0 Å². The topological polar surface area (TPSA) is 43.1 Å². The van der Waals surface area contributed by atoms with Crippen molar-refractivity contribution in [2.75, 3.05) is 11.5 Å². The number of nitrogen functional groups attached to an aromatic ring is 1. The van der Waals surface area contributed by atoms with Gasteiger partial charge in [-0.15, -0.1) is 0 Å². The highest BCUT2D eigenvalue weighted by Crippen LogP contribution is 2.24. The summed E-state index contributed by atoms with van der Waals surface area (Å²) in [5.74, 6) is 1.26. The van der Waals surface area contributed by atoms with E-state index in [4.69, 9.17) is 5.73 Å². The molecule has 90 valence electrons. The van der Waals surface area contributed by atoms with Gasteiger partial charge < -0.3 is 5.73 Å². The van der Waals surface area contributed by atoms with Gasteiger partial charge in [-0.2, -0.15) is 0 Å². The van der Waals surface area contributed by atoms with Crippen molar-refractivity contribution in [2.45, 2.75) is 31.6 Å². The molecule has 4 heteroatoms. The molecule has 0 amide bonds. The average Bonchev–Trinajstić information content (AvgIpc) is 2.25. The maximum absolute atomic E-state index is 12.1. The summed E-state index contributed by atoms with van der Waals surface area (Å²) in [5, 5.41) is 0.